The molecule has 17 heavy (non-hydrogen) atoms. The quantitative estimate of drug-likeness (QED) is 0.617. The van der Waals surface area contributed by atoms with E-state index in [0.717, 1.165) is 11.1 Å². The number of hydrogen-bond acceptors (Lipinski definition) is 4. The van der Waals surface area contributed by atoms with Gasteiger partial charge in [-0.05, 0) is 31.0 Å². The van der Waals surface area contributed by atoms with Crippen molar-refractivity contribution in [3.63, 3.8) is 0 Å². The van der Waals surface area contributed by atoms with Gasteiger partial charge in [-0.1, -0.05) is 13.0 Å². The molecule has 94 valence electrons. The number of aliphatic hydroxyl groups excluding tert-OH is 1. The Morgan fingerprint density at radius 1 is 1.41 bits per heavy atom. The summed E-state index contributed by atoms with van der Waals surface area (Å²) in [6.45, 7) is 5.76. The van der Waals surface area contributed by atoms with Gasteiger partial charge in [0.2, 0.25) is 0 Å². The van der Waals surface area contributed by atoms with Gasteiger partial charge in [0.15, 0.2) is 0 Å². The van der Waals surface area contributed by atoms with Crippen molar-refractivity contribution in [2.75, 3.05) is 18.9 Å². The number of rotatable bonds is 4. The van der Waals surface area contributed by atoms with Crippen LogP contribution in [0.4, 0.5) is 5.69 Å². The second-order valence-electron chi connectivity index (χ2n) is 4.41. The van der Waals surface area contributed by atoms with Crippen molar-refractivity contribution < 1.29 is 14.6 Å². The van der Waals surface area contributed by atoms with Crippen LogP contribution in [0.15, 0.2) is 12.1 Å². The first-order valence-electron chi connectivity index (χ1n) is 5.60. The monoisotopic (exact) mass is 237 g/mol. The molecule has 1 unspecified atom stereocenters. The Morgan fingerprint density at radius 3 is 2.65 bits per heavy atom. The SMILES string of the molecule is Cc1cc(C)c(C(=O)OCC(C)CO)cc1N. The zero-order valence-electron chi connectivity index (χ0n) is 10.5. The van der Waals surface area contributed by atoms with E-state index >= 15 is 0 Å². The summed E-state index contributed by atoms with van der Waals surface area (Å²) in [5.74, 6) is -0.448. The van der Waals surface area contributed by atoms with E-state index in [9.17, 15) is 4.79 Å². The van der Waals surface area contributed by atoms with Crippen molar-refractivity contribution in [2.24, 2.45) is 5.92 Å². The number of nitrogen functional groups attached to an aromatic ring is 1. The van der Waals surface area contributed by atoms with E-state index in [1.54, 1.807) is 6.07 Å². The third-order valence-corrected chi connectivity index (χ3v) is 2.64. The van der Waals surface area contributed by atoms with Gasteiger partial charge >= 0.3 is 5.97 Å². The van der Waals surface area contributed by atoms with Gasteiger partial charge in [0.1, 0.15) is 0 Å². The number of carbonyl (C=O) groups excluding carboxylic acids is 1. The number of hydrogen-bond donors (Lipinski definition) is 2. The normalized spacial score (nSPS) is 12.2. The number of aryl methyl sites for hydroxylation is 2. The molecule has 1 atom stereocenters. The van der Waals surface area contributed by atoms with Crippen LogP contribution in [0.25, 0.3) is 0 Å². The molecule has 0 bridgehead atoms. The van der Waals surface area contributed by atoms with Crippen molar-refractivity contribution in [1.82, 2.24) is 0 Å². The van der Waals surface area contributed by atoms with Crippen molar-refractivity contribution in [3.05, 3.63) is 28.8 Å². The highest BCUT2D eigenvalue weighted by molar-refractivity contribution is 5.92. The fraction of sp³-hybridized carbons (Fsp3) is 0.462. The van der Waals surface area contributed by atoms with Crippen LogP contribution in [0, 0.1) is 19.8 Å². The smallest absolute Gasteiger partial charge is 0.338 e. The van der Waals surface area contributed by atoms with E-state index in [2.05, 4.69) is 0 Å². The number of benzene rings is 1. The van der Waals surface area contributed by atoms with Crippen LogP contribution in [-0.2, 0) is 4.74 Å². The van der Waals surface area contributed by atoms with Crippen LogP contribution < -0.4 is 5.73 Å². The number of ether oxygens (including phenoxy) is 1. The molecule has 0 fully saturated rings. The average molecular weight is 237 g/mol. The van der Waals surface area contributed by atoms with Gasteiger partial charge < -0.3 is 15.6 Å². The van der Waals surface area contributed by atoms with Gasteiger partial charge in [-0.3, -0.25) is 0 Å². The minimum Gasteiger partial charge on any atom is -0.462 e. The molecule has 4 heteroatoms. The first-order valence-corrected chi connectivity index (χ1v) is 5.60. The largest absolute Gasteiger partial charge is 0.462 e. The molecule has 0 aliphatic rings. The molecule has 0 saturated carbocycles. The maximum absolute atomic E-state index is 11.8. The Morgan fingerprint density at radius 2 is 2.06 bits per heavy atom. The minimum absolute atomic E-state index is 0.00228. The molecule has 0 radical (unpaired) electrons. The molecular formula is C13H19NO3. The summed E-state index contributed by atoms with van der Waals surface area (Å²) in [5.41, 5.74) is 8.62. The topological polar surface area (TPSA) is 72.5 Å². The summed E-state index contributed by atoms with van der Waals surface area (Å²) in [4.78, 5) is 11.8. The summed E-state index contributed by atoms with van der Waals surface area (Å²) >= 11 is 0. The molecule has 4 nitrogen and oxygen atoms in total. The molecule has 0 amide bonds. The molecule has 3 N–H and O–H groups in total. The van der Waals surface area contributed by atoms with Gasteiger partial charge in [0.25, 0.3) is 0 Å². The number of anilines is 1. The molecule has 0 saturated heterocycles. The highest BCUT2D eigenvalue weighted by Gasteiger charge is 2.13. The molecule has 1 aromatic rings. The first kappa shape index (κ1) is 13.5. The zero-order chi connectivity index (χ0) is 13.0. The van der Waals surface area contributed by atoms with Crippen molar-refractivity contribution in [2.45, 2.75) is 20.8 Å². The van der Waals surface area contributed by atoms with Gasteiger partial charge in [0.05, 0.1) is 12.2 Å². The molecule has 1 rings (SSSR count). The van der Waals surface area contributed by atoms with Crippen molar-refractivity contribution in [3.8, 4) is 0 Å². The van der Waals surface area contributed by atoms with E-state index in [-0.39, 0.29) is 19.1 Å². The fourth-order valence-corrected chi connectivity index (χ4v) is 1.44. The zero-order valence-corrected chi connectivity index (χ0v) is 10.5. The highest BCUT2D eigenvalue weighted by atomic mass is 16.5. The maximum Gasteiger partial charge on any atom is 0.338 e. The van der Waals surface area contributed by atoms with Gasteiger partial charge in [-0.25, -0.2) is 4.79 Å². The number of esters is 1. The summed E-state index contributed by atoms with van der Waals surface area (Å²) in [6.07, 6.45) is 0. The van der Waals surface area contributed by atoms with Crippen LogP contribution >= 0.6 is 0 Å². The van der Waals surface area contributed by atoms with E-state index in [0.29, 0.717) is 11.3 Å². The summed E-state index contributed by atoms with van der Waals surface area (Å²) < 4.78 is 5.10. The molecule has 0 aliphatic heterocycles. The van der Waals surface area contributed by atoms with Crippen LogP contribution in [-0.4, -0.2) is 24.3 Å². The Labute approximate surface area is 101 Å². The van der Waals surface area contributed by atoms with E-state index in [1.165, 1.54) is 0 Å². The van der Waals surface area contributed by atoms with Crippen LogP contribution in [0.2, 0.25) is 0 Å². The van der Waals surface area contributed by atoms with Gasteiger partial charge in [0, 0.05) is 18.2 Å². The molecule has 0 spiro atoms. The molecular weight excluding hydrogens is 218 g/mol. The van der Waals surface area contributed by atoms with Crippen molar-refractivity contribution in [1.29, 1.82) is 0 Å². The second-order valence-corrected chi connectivity index (χ2v) is 4.41. The van der Waals surface area contributed by atoms with E-state index < -0.39 is 5.97 Å². The van der Waals surface area contributed by atoms with E-state index in [1.807, 2.05) is 26.8 Å². The number of aliphatic hydroxyl groups is 1. The molecule has 0 aromatic heterocycles. The van der Waals surface area contributed by atoms with Crippen molar-refractivity contribution >= 4 is 11.7 Å². The predicted octanol–water partition coefficient (Wildman–Crippen LogP) is 1.67. The maximum atomic E-state index is 11.8. The molecule has 0 heterocycles. The van der Waals surface area contributed by atoms with Crippen LogP contribution in [0.5, 0.6) is 0 Å². The lowest BCUT2D eigenvalue weighted by molar-refractivity contribution is 0.0404. The average Bonchev–Trinajstić information content (AvgIpc) is 2.30. The standard InChI is InChI=1S/C13H19NO3/c1-8(6-15)7-17-13(16)11-5-12(14)10(3)4-9(11)2/h4-5,8,15H,6-7,14H2,1-3H3. The predicted molar refractivity (Wildman–Crippen MR) is 66.9 cm³/mol. The highest BCUT2D eigenvalue weighted by Crippen LogP contribution is 2.18. The van der Waals surface area contributed by atoms with Gasteiger partial charge in [-0.15, -0.1) is 0 Å². The molecule has 1 aromatic carbocycles. The summed E-state index contributed by atoms with van der Waals surface area (Å²) in [7, 11) is 0. The third kappa shape index (κ3) is 3.46. The summed E-state index contributed by atoms with van der Waals surface area (Å²) in [5, 5.41) is 8.84. The Balaban J connectivity index is 2.79. The third-order valence-electron chi connectivity index (χ3n) is 2.64. The Kier molecular flexibility index (Phi) is 4.52. The first-order chi connectivity index (χ1) is 7.95. The van der Waals surface area contributed by atoms with Crippen LogP contribution in [0.3, 0.4) is 0 Å². The lowest BCUT2D eigenvalue weighted by Crippen LogP contribution is -2.15. The van der Waals surface area contributed by atoms with E-state index in [4.69, 9.17) is 15.6 Å². The minimum atomic E-state index is -0.394. The molecule has 0 aliphatic carbocycles. The lowest BCUT2D eigenvalue weighted by Gasteiger charge is -2.12. The number of nitrogens with two attached hydrogens (primary N) is 1. The number of carbonyl (C=O) groups is 1. The lowest BCUT2D eigenvalue weighted by atomic mass is 10.0. The second kappa shape index (κ2) is 5.68. The summed E-state index contributed by atoms with van der Waals surface area (Å²) in [6, 6.07) is 3.50. The van der Waals surface area contributed by atoms with Crippen LogP contribution in [0.1, 0.15) is 28.4 Å². The Hall–Kier alpha value is -1.55. The Bertz CT molecular complexity index is 415. The van der Waals surface area contributed by atoms with Gasteiger partial charge in [-0.2, -0.15) is 0 Å². The fourth-order valence-electron chi connectivity index (χ4n) is 1.44.